The molecule has 0 aliphatic heterocycles. The van der Waals surface area contributed by atoms with Gasteiger partial charge in [-0.2, -0.15) is 5.10 Å². The average Bonchev–Trinajstić information content (AvgIpc) is 3.01. The second-order valence-corrected chi connectivity index (χ2v) is 4.70. The van der Waals surface area contributed by atoms with Crippen LogP contribution in [0.15, 0.2) is 10.8 Å². The van der Waals surface area contributed by atoms with E-state index in [9.17, 15) is 4.79 Å². The van der Waals surface area contributed by atoms with Gasteiger partial charge in [0.2, 0.25) is 0 Å². The Morgan fingerprint density at radius 2 is 2.20 bits per heavy atom. The summed E-state index contributed by atoms with van der Waals surface area (Å²) in [6, 6.07) is 0. The number of rotatable bonds is 5. The third kappa shape index (κ3) is 2.82. The second-order valence-electron chi connectivity index (χ2n) is 4.30. The van der Waals surface area contributed by atoms with Crippen LogP contribution in [0.5, 0.6) is 0 Å². The Morgan fingerprint density at radius 3 is 2.70 bits per heavy atom. The molecule has 0 bridgehead atoms. The van der Waals surface area contributed by atoms with Crippen LogP contribution in [0.1, 0.15) is 35.7 Å². The Morgan fingerprint density at radius 1 is 1.45 bits per heavy atom. The largest absolute Gasteiger partial charge is 0.331 e. The van der Waals surface area contributed by atoms with Gasteiger partial charge >= 0.3 is 0 Å². The zero-order valence-corrected chi connectivity index (χ0v) is 12.4. The maximum absolute atomic E-state index is 12.5. The molecule has 2 heterocycles. The molecule has 8 heteroatoms. The first-order chi connectivity index (χ1) is 9.56. The Hall–Kier alpha value is -1.89. The van der Waals surface area contributed by atoms with Crippen molar-refractivity contribution in [1.82, 2.24) is 25.0 Å². The highest BCUT2D eigenvalue weighted by molar-refractivity contribution is 6.33. The lowest BCUT2D eigenvalue weighted by Crippen LogP contribution is -2.31. The molecule has 0 fully saturated rings. The van der Waals surface area contributed by atoms with E-state index in [2.05, 4.69) is 20.0 Å². The van der Waals surface area contributed by atoms with E-state index < -0.39 is 0 Å². The first kappa shape index (κ1) is 14.5. The fraction of sp³-hybridized carbons (Fsp3) is 0.500. The second kappa shape index (κ2) is 6.04. The molecule has 108 valence electrons. The van der Waals surface area contributed by atoms with E-state index in [0.29, 0.717) is 36.0 Å². The number of hydrogen-bond donors (Lipinski definition) is 0. The lowest BCUT2D eigenvalue weighted by Gasteiger charge is -2.18. The number of aryl methyl sites for hydroxylation is 2. The van der Waals surface area contributed by atoms with Gasteiger partial charge in [0.25, 0.3) is 5.91 Å². The van der Waals surface area contributed by atoms with E-state index in [0.717, 1.165) is 0 Å². The first-order valence-electron chi connectivity index (χ1n) is 6.37. The van der Waals surface area contributed by atoms with Crippen molar-refractivity contribution in [2.75, 3.05) is 6.54 Å². The van der Waals surface area contributed by atoms with Crippen LogP contribution in [0.2, 0.25) is 5.02 Å². The summed E-state index contributed by atoms with van der Waals surface area (Å²) in [5, 5.41) is 12.0. The van der Waals surface area contributed by atoms with Gasteiger partial charge in [-0.1, -0.05) is 21.9 Å². The molecule has 0 atom stereocenters. The molecule has 0 saturated carbocycles. The zero-order valence-electron chi connectivity index (χ0n) is 11.6. The molecule has 0 aromatic carbocycles. The van der Waals surface area contributed by atoms with E-state index in [4.69, 9.17) is 11.6 Å². The summed E-state index contributed by atoms with van der Waals surface area (Å²) in [4.78, 5) is 14.0. The van der Waals surface area contributed by atoms with Gasteiger partial charge in [0.05, 0.1) is 11.6 Å². The van der Waals surface area contributed by atoms with Gasteiger partial charge in [0.15, 0.2) is 5.69 Å². The Bertz CT molecular complexity index is 607. The number of hydrogen-bond acceptors (Lipinski definition) is 5. The van der Waals surface area contributed by atoms with E-state index in [1.54, 1.807) is 22.7 Å². The molecule has 2 aromatic heterocycles. The lowest BCUT2D eigenvalue weighted by atomic mass is 10.3. The van der Waals surface area contributed by atoms with Gasteiger partial charge in [-0.25, -0.2) is 4.63 Å². The summed E-state index contributed by atoms with van der Waals surface area (Å²) in [6.45, 7) is 7.08. The number of nitrogens with zero attached hydrogens (tertiary/aromatic N) is 5. The molecule has 0 radical (unpaired) electrons. The van der Waals surface area contributed by atoms with Crippen molar-refractivity contribution in [3.63, 3.8) is 0 Å². The SMILES string of the molecule is CCN(Cc1nonc1C)C(=O)c1nn(CC)cc1Cl. The molecule has 0 aliphatic rings. The first-order valence-corrected chi connectivity index (χ1v) is 6.74. The Labute approximate surface area is 121 Å². The molecule has 0 unspecified atom stereocenters. The molecular formula is C12H16ClN5O2. The summed E-state index contributed by atoms with van der Waals surface area (Å²) < 4.78 is 6.27. The maximum atomic E-state index is 12.5. The third-order valence-corrected chi connectivity index (χ3v) is 3.28. The van der Waals surface area contributed by atoms with E-state index in [-0.39, 0.29) is 11.6 Å². The fourth-order valence-electron chi connectivity index (χ4n) is 1.75. The van der Waals surface area contributed by atoms with Gasteiger partial charge in [0, 0.05) is 19.3 Å². The van der Waals surface area contributed by atoms with Gasteiger partial charge < -0.3 is 4.90 Å². The zero-order chi connectivity index (χ0) is 14.7. The van der Waals surface area contributed by atoms with Crippen molar-refractivity contribution in [2.24, 2.45) is 0 Å². The number of carbonyl (C=O) groups is 1. The Kier molecular flexibility index (Phi) is 4.39. The van der Waals surface area contributed by atoms with E-state index >= 15 is 0 Å². The number of halogens is 1. The standard InChI is InChI=1S/C12H16ClN5O2/c1-4-17(7-10-8(3)15-20-16-10)12(19)11-9(13)6-18(5-2)14-11/h6H,4-5,7H2,1-3H3. The van der Waals surface area contributed by atoms with E-state index in [1.165, 1.54) is 0 Å². The number of carbonyl (C=O) groups excluding carboxylic acids is 1. The molecule has 0 saturated heterocycles. The quantitative estimate of drug-likeness (QED) is 0.842. The summed E-state index contributed by atoms with van der Waals surface area (Å²) in [5.41, 5.74) is 1.55. The molecule has 1 amide bonds. The van der Waals surface area contributed by atoms with Crippen LogP contribution in [0.3, 0.4) is 0 Å². The van der Waals surface area contributed by atoms with Crippen LogP contribution in [0.25, 0.3) is 0 Å². The molecule has 0 N–H and O–H groups in total. The lowest BCUT2D eigenvalue weighted by molar-refractivity contribution is 0.0742. The van der Waals surface area contributed by atoms with Crippen LogP contribution in [-0.2, 0) is 13.1 Å². The predicted molar refractivity (Wildman–Crippen MR) is 72.4 cm³/mol. The highest BCUT2D eigenvalue weighted by atomic mass is 35.5. The van der Waals surface area contributed by atoms with Crippen molar-refractivity contribution < 1.29 is 9.42 Å². The fourth-order valence-corrected chi connectivity index (χ4v) is 1.99. The summed E-state index contributed by atoms with van der Waals surface area (Å²) >= 11 is 6.06. The van der Waals surface area contributed by atoms with Crippen LogP contribution in [-0.4, -0.2) is 37.4 Å². The normalized spacial score (nSPS) is 10.8. The van der Waals surface area contributed by atoms with Crippen molar-refractivity contribution in [3.05, 3.63) is 28.3 Å². The molecule has 0 aliphatic carbocycles. The molecule has 7 nitrogen and oxygen atoms in total. The van der Waals surface area contributed by atoms with Gasteiger partial charge in [-0.05, 0) is 20.8 Å². The topological polar surface area (TPSA) is 77.1 Å². The van der Waals surface area contributed by atoms with Crippen molar-refractivity contribution in [1.29, 1.82) is 0 Å². The average molecular weight is 298 g/mol. The highest BCUT2D eigenvalue weighted by Crippen LogP contribution is 2.17. The monoisotopic (exact) mass is 297 g/mol. The third-order valence-electron chi connectivity index (χ3n) is 3.00. The molecule has 0 spiro atoms. The van der Waals surface area contributed by atoms with Crippen molar-refractivity contribution >= 4 is 17.5 Å². The van der Waals surface area contributed by atoms with Gasteiger partial charge in [-0.15, -0.1) is 0 Å². The smallest absolute Gasteiger partial charge is 0.276 e. The van der Waals surface area contributed by atoms with Crippen LogP contribution in [0.4, 0.5) is 0 Å². The minimum Gasteiger partial charge on any atom is -0.331 e. The van der Waals surface area contributed by atoms with Crippen molar-refractivity contribution in [2.45, 2.75) is 33.9 Å². The van der Waals surface area contributed by atoms with E-state index in [1.807, 2.05) is 13.8 Å². The van der Waals surface area contributed by atoms with Crippen molar-refractivity contribution in [3.8, 4) is 0 Å². The minimum absolute atomic E-state index is 0.230. The van der Waals surface area contributed by atoms with Gasteiger partial charge in [0.1, 0.15) is 11.4 Å². The highest BCUT2D eigenvalue weighted by Gasteiger charge is 2.22. The molecular weight excluding hydrogens is 282 g/mol. The molecule has 2 aromatic rings. The minimum atomic E-state index is -0.230. The Balaban J connectivity index is 2.20. The molecule has 2 rings (SSSR count). The summed E-state index contributed by atoms with van der Waals surface area (Å²) in [5.74, 6) is -0.230. The number of amides is 1. The maximum Gasteiger partial charge on any atom is 0.276 e. The van der Waals surface area contributed by atoms with Gasteiger partial charge in [-0.3, -0.25) is 9.48 Å². The summed E-state index contributed by atoms with van der Waals surface area (Å²) in [6.07, 6.45) is 1.64. The molecule has 20 heavy (non-hydrogen) atoms. The predicted octanol–water partition coefficient (Wildman–Crippen LogP) is 1.91. The van der Waals surface area contributed by atoms with Crippen LogP contribution < -0.4 is 0 Å². The number of aromatic nitrogens is 4. The van der Waals surface area contributed by atoms with Crippen LogP contribution >= 0.6 is 11.6 Å². The van der Waals surface area contributed by atoms with Crippen LogP contribution in [0, 0.1) is 6.92 Å². The summed E-state index contributed by atoms with van der Waals surface area (Å²) in [7, 11) is 0.